The smallest absolute Gasteiger partial charge is 0.338 e. The van der Waals surface area contributed by atoms with Gasteiger partial charge in [-0.25, -0.2) is 14.2 Å². The Kier molecular flexibility index (Phi) is 6.85. The zero-order valence-corrected chi connectivity index (χ0v) is 23.8. The highest BCUT2D eigenvalue weighted by Crippen LogP contribution is 2.33. The first kappa shape index (κ1) is 26.2. The summed E-state index contributed by atoms with van der Waals surface area (Å²) in [6, 6.07) is 17.9. The zero-order chi connectivity index (χ0) is 28.0. The molecule has 6 rings (SSSR count). The monoisotopic (exact) mass is 571 g/mol. The predicted molar refractivity (Wildman–Crippen MR) is 157 cm³/mol. The second-order valence-electron chi connectivity index (χ2n) is 9.51. The van der Waals surface area contributed by atoms with Crippen molar-refractivity contribution in [3.05, 3.63) is 125 Å². The van der Waals surface area contributed by atoms with Gasteiger partial charge in [-0.3, -0.25) is 9.36 Å². The average molecular weight is 572 g/mol. The van der Waals surface area contributed by atoms with E-state index in [4.69, 9.17) is 4.74 Å². The van der Waals surface area contributed by atoms with Crippen LogP contribution in [0.5, 0.6) is 0 Å². The number of benzene rings is 2. The minimum Gasteiger partial charge on any atom is -0.463 e. The van der Waals surface area contributed by atoms with Gasteiger partial charge in [0.05, 0.1) is 29.0 Å². The normalized spacial score (nSPS) is 15.4. The van der Waals surface area contributed by atoms with Crippen LogP contribution in [0.3, 0.4) is 0 Å². The Balaban J connectivity index is 1.54. The number of nitrogens with zero attached hydrogens (tertiary/aromatic N) is 3. The highest BCUT2D eigenvalue weighted by Gasteiger charge is 2.34. The van der Waals surface area contributed by atoms with Crippen molar-refractivity contribution in [3.8, 4) is 0 Å². The van der Waals surface area contributed by atoms with E-state index in [2.05, 4.69) is 9.56 Å². The van der Waals surface area contributed by atoms with Gasteiger partial charge in [-0.05, 0) is 50.4 Å². The number of rotatable bonds is 6. The number of fused-ring (bicyclic) bond motifs is 2. The molecule has 0 saturated carbocycles. The van der Waals surface area contributed by atoms with Crippen LogP contribution in [0.2, 0.25) is 0 Å². The summed E-state index contributed by atoms with van der Waals surface area (Å²) in [6.07, 6.45) is 1.90. The van der Waals surface area contributed by atoms with E-state index in [-0.39, 0.29) is 18.0 Å². The van der Waals surface area contributed by atoms with Gasteiger partial charge in [-0.2, -0.15) is 0 Å². The number of thiophene rings is 1. The lowest BCUT2D eigenvalue weighted by Gasteiger charge is -2.23. The molecule has 1 atom stereocenters. The third-order valence-electron chi connectivity index (χ3n) is 7.17. The Labute approximate surface area is 237 Å². The van der Waals surface area contributed by atoms with E-state index in [1.165, 1.54) is 28.7 Å². The molecule has 0 saturated heterocycles. The van der Waals surface area contributed by atoms with Crippen molar-refractivity contribution in [1.29, 1.82) is 0 Å². The molecule has 0 unspecified atom stereocenters. The van der Waals surface area contributed by atoms with Gasteiger partial charge in [0.15, 0.2) is 4.80 Å². The number of esters is 1. The Hall–Kier alpha value is -4.08. The van der Waals surface area contributed by atoms with E-state index in [1.807, 2.05) is 60.8 Å². The Bertz CT molecular complexity index is 1980. The third-order valence-corrected chi connectivity index (χ3v) is 9.08. The van der Waals surface area contributed by atoms with E-state index in [0.717, 1.165) is 27.0 Å². The highest BCUT2D eigenvalue weighted by molar-refractivity contribution is 7.10. The fourth-order valence-corrected chi connectivity index (χ4v) is 7.13. The van der Waals surface area contributed by atoms with Crippen LogP contribution in [0.25, 0.3) is 17.0 Å². The molecule has 0 radical (unpaired) electrons. The summed E-state index contributed by atoms with van der Waals surface area (Å²) >= 11 is 2.78. The number of allylic oxidation sites excluding steroid dienone is 1. The number of ether oxygens (including phenoxy) is 1. The minimum atomic E-state index is -0.610. The summed E-state index contributed by atoms with van der Waals surface area (Å²) in [5.41, 5.74) is 4.07. The molecule has 0 N–H and O–H groups in total. The number of thiazole rings is 1. The van der Waals surface area contributed by atoms with Crippen LogP contribution >= 0.6 is 22.7 Å². The molecule has 6 nitrogen and oxygen atoms in total. The maximum atomic E-state index is 14.6. The van der Waals surface area contributed by atoms with Crippen molar-refractivity contribution in [2.75, 3.05) is 6.61 Å². The predicted octanol–water partition coefficient (Wildman–Crippen LogP) is 5.31. The zero-order valence-electron chi connectivity index (χ0n) is 22.2. The molecule has 0 bridgehead atoms. The first-order valence-corrected chi connectivity index (χ1v) is 14.6. The molecule has 3 aromatic heterocycles. The maximum Gasteiger partial charge on any atom is 0.338 e. The van der Waals surface area contributed by atoms with Crippen LogP contribution in [-0.4, -0.2) is 21.7 Å². The molecule has 0 amide bonds. The molecule has 0 spiro atoms. The number of halogens is 1. The summed E-state index contributed by atoms with van der Waals surface area (Å²) in [6.45, 7) is 6.13. The molecular formula is C31H26FN3O3S2. The Morgan fingerprint density at radius 3 is 2.62 bits per heavy atom. The summed E-state index contributed by atoms with van der Waals surface area (Å²) < 4.78 is 24.1. The van der Waals surface area contributed by atoms with Crippen molar-refractivity contribution in [3.63, 3.8) is 0 Å². The number of hydrogen-bond acceptors (Lipinski definition) is 6. The van der Waals surface area contributed by atoms with Gasteiger partial charge in [-0.15, -0.1) is 11.3 Å². The molecule has 202 valence electrons. The lowest BCUT2D eigenvalue weighted by molar-refractivity contribution is -0.139. The summed E-state index contributed by atoms with van der Waals surface area (Å²) in [5.74, 6) is -0.723. The van der Waals surface area contributed by atoms with Gasteiger partial charge in [-0.1, -0.05) is 53.8 Å². The number of hydrogen-bond donors (Lipinski definition) is 0. The number of carbonyl (C=O) groups is 1. The Morgan fingerprint density at radius 2 is 1.88 bits per heavy atom. The van der Waals surface area contributed by atoms with E-state index in [0.29, 0.717) is 32.7 Å². The third kappa shape index (κ3) is 4.35. The highest BCUT2D eigenvalue weighted by atomic mass is 32.1. The van der Waals surface area contributed by atoms with E-state index in [9.17, 15) is 14.0 Å². The van der Waals surface area contributed by atoms with Gasteiger partial charge in [0.2, 0.25) is 0 Å². The maximum absolute atomic E-state index is 14.6. The quantitative estimate of drug-likeness (QED) is 0.260. The average Bonchev–Trinajstić information content (AvgIpc) is 3.64. The van der Waals surface area contributed by atoms with E-state index < -0.39 is 12.0 Å². The van der Waals surface area contributed by atoms with Crippen LogP contribution in [0, 0.1) is 12.7 Å². The lowest BCUT2D eigenvalue weighted by atomic mass is 10.0. The van der Waals surface area contributed by atoms with Crippen molar-refractivity contribution in [2.45, 2.75) is 33.4 Å². The number of aromatic nitrogens is 2. The molecule has 1 aliphatic heterocycles. The minimum absolute atomic E-state index is 0.221. The van der Waals surface area contributed by atoms with Crippen molar-refractivity contribution >= 4 is 45.6 Å². The molecule has 4 heterocycles. The van der Waals surface area contributed by atoms with Gasteiger partial charge >= 0.3 is 5.97 Å². The largest absolute Gasteiger partial charge is 0.463 e. The topological polar surface area (TPSA) is 65.6 Å². The van der Waals surface area contributed by atoms with Crippen LogP contribution in [0.4, 0.5) is 4.39 Å². The number of para-hydroxylation sites is 1. The standard InChI is InChI=1S/C31H26FN3O3S2/c1-4-38-30(37)27-18(2)33-31-35(28(27)25-14-9-15-39-25)29(36)26(40-31)16-22-19(3)34(24-13-8-6-11-21(22)24)17-20-10-5-7-12-23(20)32/h5-16,28H,4,17H2,1-3H3/b26-16-/t28-/m1/s1. The van der Waals surface area contributed by atoms with Gasteiger partial charge in [0.1, 0.15) is 11.9 Å². The van der Waals surface area contributed by atoms with Crippen LogP contribution in [0.15, 0.2) is 87.1 Å². The molecule has 40 heavy (non-hydrogen) atoms. The first-order valence-electron chi connectivity index (χ1n) is 12.9. The van der Waals surface area contributed by atoms with Crippen LogP contribution in [0.1, 0.15) is 41.6 Å². The summed E-state index contributed by atoms with van der Waals surface area (Å²) in [4.78, 5) is 33.1. The second kappa shape index (κ2) is 10.5. The molecule has 2 aromatic carbocycles. The van der Waals surface area contributed by atoms with Crippen molar-refractivity contribution < 1.29 is 13.9 Å². The lowest BCUT2D eigenvalue weighted by Crippen LogP contribution is -2.39. The number of carbonyl (C=O) groups excluding carboxylic acids is 1. The molecule has 9 heteroatoms. The molecular weight excluding hydrogens is 545 g/mol. The second-order valence-corrected chi connectivity index (χ2v) is 11.5. The SMILES string of the molecule is CCOC(=O)C1=C(C)N=c2s/c(=C\c3c(C)n(Cc4ccccc4F)c4ccccc34)c(=O)n2[C@@H]1c1cccs1. The molecule has 5 aromatic rings. The van der Waals surface area contributed by atoms with E-state index >= 15 is 0 Å². The van der Waals surface area contributed by atoms with Gasteiger partial charge in [0.25, 0.3) is 5.56 Å². The molecule has 0 aliphatic carbocycles. The van der Waals surface area contributed by atoms with Gasteiger partial charge < -0.3 is 9.30 Å². The molecule has 1 aliphatic rings. The first-order chi connectivity index (χ1) is 19.4. The van der Waals surface area contributed by atoms with Crippen LogP contribution in [-0.2, 0) is 16.1 Å². The van der Waals surface area contributed by atoms with Gasteiger partial charge in [0, 0.05) is 32.6 Å². The fourth-order valence-electron chi connectivity index (χ4n) is 5.28. The van der Waals surface area contributed by atoms with Crippen molar-refractivity contribution in [1.82, 2.24) is 9.13 Å². The van der Waals surface area contributed by atoms with Crippen molar-refractivity contribution in [2.24, 2.45) is 4.99 Å². The summed E-state index contributed by atoms with van der Waals surface area (Å²) in [7, 11) is 0. The molecule has 0 fully saturated rings. The fraction of sp³-hybridized carbons (Fsp3) is 0.194. The van der Waals surface area contributed by atoms with Crippen LogP contribution < -0.4 is 14.9 Å². The van der Waals surface area contributed by atoms with E-state index in [1.54, 1.807) is 30.5 Å². The summed E-state index contributed by atoms with van der Waals surface area (Å²) in [5, 5.41) is 2.90. The Morgan fingerprint density at radius 1 is 1.10 bits per heavy atom.